The van der Waals surface area contributed by atoms with Gasteiger partial charge in [0.2, 0.25) is 5.91 Å². The smallest absolute Gasteiger partial charge is 0.339 e. The van der Waals surface area contributed by atoms with Gasteiger partial charge in [0.15, 0.2) is 11.0 Å². The van der Waals surface area contributed by atoms with Crippen LogP contribution < -0.4 is 5.32 Å². The molecule has 4 aromatic rings. The number of amides is 1. The number of rotatable bonds is 7. The quantitative estimate of drug-likeness (QED) is 0.319. The van der Waals surface area contributed by atoms with Crippen molar-refractivity contribution in [3.05, 3.63) is 90.2 Å². The number of nitrogens with zero attached hydrogens (tertiary/aromatic N) is 3. The van der Waals surface area contributed by atoms with Gasteiger partial charge >= 0.3 is 5.97 Å². The molecule has 0 spiro atoms. The molecule has 1 amide bonds. The van der Waals surface area contributed by atoms with Crippen molar-refractivity contribution in [2.75, 3.05) is 18.2 Å². The number of hydrogen-bond acceptors (Lipinski definition) is 6. The Morgan fingerprint density at radius 3 is 2.39 bits per heavy atom. The van der Waals surface area contributed by atoms with E-state index < -0.39 is 5.97 Å². The predicted octanol–water partition coefficient (Wildman–Crippen LogP) is 4.59. The molecule has 0 atom stereocenters. The predicted molar refractivity (Wildman–Crippen MR) is 124 cm³/mol. The summed E-state index contributed by atoms with van der Waals surface area (Å²) in [5.74, 6) is -0.635. The molecule has 0 fully saturated rings. The molecule has 33 heavy (non-hydrogen) atoms. The fourth-order valence-electron chi connectivity index (χ4n) is 3.16. The van der Waals surface area contributed by atoms with Crippen molar-refractivity contribution in [3.8, 4) is 17.1 Å². The molecule has 0 saturated carbocycles. The maximum Gasteiger partial charge on any atom is 0.339 e. The van der Waals surface area contributed by atoms with E-state index >= 15 is 0 Å². The molecule has 1 aromatic heterocycles. The van der Waals surface area contributed by atoms with E-state index in [2.05, 4.69) is 15.5 Å². The summed E-state index contributed by atoms with van der Waals surface area (Å²) in [4.78, 5) is 24.6. The molecule has 1 N–H and O–H groups in total. The SMILES string of the molecule is COC(=O)c1ccccc1NC(=O)CSc1nnc(-c2ccccc2)n1-c1ccc(F)cc1. The molecule has 0 saturated heterocycles. The lowest BCUT2D eigenvalue weighted by atomic mass is 10.2. The summed E-state index contributed by atoms with van der Waals surface area (Å²) >= 11 is 1.18. The minimum atomic E-state index is -0.540. The number of thioether (sulfide) groups is 1. The zero-order valence-electron chi connectivity index (χ0n) is 17.6. The molecule has 7 nitrogen and oxygen atoms in total. The second-order valence-corrected chi connectivity index (χ2v) is 7.80. The monoisotopic (exact) mass is 462 g/mol. The van der Waals surface area contributed by atoms with Crippen LogP contribution in [0.15, 0.2) is 84.0 Å². The van der Waals surface area contributed by atoms with Crippen LogP contribution >= 0.6 is 11.8 Å². The first-order chi connectivity index (χ1) is 16.1. The third-order valence-corrected chi connectivity index (χ3v) is 5.62. The van der Waals surface area contributed by atoms with Crippen molar-refractivity contribution in [2.45, 2.75) is 5.16 Å². The highest BCUT2D eigenvalue weighted by Crippen LogP contribution is 2.28. The zero-order valence-corrected chi connectivity index (χ0v) is 18.4. The molecule has 0 aliphatic heterocycles. The number of hydrogen-bond donors (Lipinski definition) is 1. The van der Waals surface area contributed by atoms with Crippen molar-refractivity contribution < 1.29 is 18.7 Å². The molecule has 3 aromatic carbocycles. The Hall–Kier alpha value is -3.98. The van der Waals surface area contributed by atoms with E-state index in [-0.39, 0.29) is 23.0 Å². The van der Waals surface area contributed by atoms with Gasteiger partial charge < -0.3 is 10.1 Å². The molecule has 1 heterocycles. The van der Waals surface area contributed by atoms with E-state index in [0.717, 1.165) is 5.56 Å². The summed E-state index contributed by atoms with van der Waals surface area (Å²) in [7, 11) is 1.28. The number of carbonyl (C=O) groups is 2. The third kappa shape index (κ3) is 5.09. The number of aromatic nitrogens is 3. The van der Waals surface area contributed by atoms with Gasteiger partial charge in [-0.1, -0.05) is 54.2 Å². The summed E-state index contributed by atoms with van der Waals surface area (Å²) in [6.07, 6.45) is 0. The number of benzene rings is 3. The van der Waals surface area contributed by atoms with Crippen LogP contribution in [0.2, 0.25) is 0 Å². The number of halogens is 1. The lowest BCUT2D eigenvalue weighted by Gasteiger charge is -2.11. The number of anilines is 1. The van der Waals surface area contributed by atoms with Gasteiger partial charge in [-0.15, -0.1) is 10.2 Å². The summed E-state index contributed by atoms with van der Waals surface area (Å²) < 4.78 is 20.0. The fraction of sp³-hybridized carbons (Fsp3) is 0.0833. The molecule has 0 unspecified atom stereocenters. The molecule has 0 bridgehead atoms. The van der Waals surface area contributed by atoms with Crippen LogP contribution in [0.5, 0.6) is 0 Å². The van der Waals surface area contributed by atoms with Crippen LogP contribution in [-0.4, -0.2) is 39.5 Å². The molecule has 9 heteroatoms. The zero-order chi connectivity index (χ0) is 23.2. The number of ether oxygens (including phenoxy) is 1. The lowest BCUT2D eigenvalue weighted by Crippen LogP contribution is -2.17. The molecular formula is C24H19FN4O3S. The average molecular weight is 463 g/mol. The minimum absolute atomic E-state index is 0.0175. The van der Waals surface area contributed by atoms with Gasteiger partial charge in [-0.3, -0.25) is 9.36 Å². The van der Waals surface area contributed by atoms with E-state index in [0.29, 0.717) is 22.4 Å². The largest absolute Gasteiger partial charge is 0.465 e. The van der Waals surface area contributed by atoms with Crippen LogP contribution in [0.25, 0.3) is 17.1 Å². The van der Waals surface area contributed by atoms with Crippen molar-refractivity contribution in [1.82, 2.24) is 14.8 Å². The highest BCUT2D eigenvalue weighted by molar-refractivity contribution is 7.99. The summed E-state index contributed by atoms with van der Waals surface area (Å²) in [5.41, 5.74) is 2.12. The Bertz CT molecular complexity index is 1280. The number of esters is 1. The van der Waals surface area contributed by atoms with Gasteiger partial charge in [0.05, 0.1) is 24.1 Å². The first-order valence-electron chi connectivity index (χ1n) is 9.93. The number of methoxy groups -OCH3 is 1. The van der Waals surface area contributed by atoms with Crippen LogP contribution in [0.4, 0.5) is 10.1 Å². The van der Waals surface area contributed by atoms with E-state index in [1.165, 1.54) is 31.0 Å². The van der Waals surface area contributed by atoms with Crippen molar-refractivity contribution in [1.29, 1.82) is 0 Å². The van der Waals surface area contributed by atoms with Crippen LogP contribution in [0.3, 0.4) is 0 Å². The normalized spacial score (nSPS) is 10.6. The number of para-hydroxylation sites is 1. The van der Waals surface area contributed by atoms with Crippen LogP contribution in [0.1, 0.15) is 10.4 Å². The Balaban J connectivity index is 1.58. The molecule has 4 rings (SSSR count). The molecule has 0 aliphatic rings. The standard InChI is InChI=1S/C24H19FN4O3S/c1-32-23(31)19-9-5-6-10-20(19)26-21(30)15-33-24-28-27-22(16-7-3-2-4-8-16)29(24)18-13-11-17(25)12-14-18/h2-14H,15H2,1H3,(H,26,30). The van der Waals surface area contributed by atoms with E-state index in [4.69, 9.17) is 4.74 Å². The highest BCUT2D eigenvalue weighted by atomic mass is 32.2. The van der Waals surface area contributed by atoms with Crippen LogP contribution in [-0.2, 0) is 9.53 Å². The molecule has 166 valence electrons. The van der Waals surface area contributed by atoms with Crippen molar-refractivity contribution >= 4 is 29.3 Å². The highest BCUT2D eigenvalue weighted by Gasteiger charge is 2.18. The van der Waals surface area contributed by atoms with Gasteiger partial charge in [0, 0.05) is 11.3 Å². The third-order valence-electron chi connectivity index (χ3n) is 4.69. The molecule has 0 aliphatic carbocycles. The van der Waals surface area contributed by atoms with Gasteiger partial charge in [-0.25, -0.2) is 9.18 Å². The molecule has 0 radical (unpaired) electrons. The van der Waals surface area contributed by atoms with E-state index in [9.17, 15) is 14.0 Å². The minimum Gasteiger partial charge on any atom is -0.465 e. The number of nitrogens with one attached hydrogen (secondary N) is 1. The van der Waals surface area contributed by atoms with Gasteiger partial charge in [-0.05, 0) is 36.4 Å². The van der Waals surface area contributed by atoms with Gasteiger partial charge in [0.25, 0.3) is 0 Å². The summed E-state index contributed by atoms with van der Waals surface area (Å²) in [6.45, 7) is 0. The number of carbonyl (C=O) groups excluding carboxylic acids is 2. The van der Waals surface area contributed by atoms with E-state index in [1.807, 2.05) is 30.3 Å². The first-order valence-corrected chi connectivity index (χ1v) is 10.9. The Labute approximate surface area is 193 Å². The van der Waals surface area contributed by atoms with Crippen molar-refractivity contribution in [2.24, 2.45) is 0 Å². The Morgan fingerprint density at radius 2 is 1.67 bits per heavy atom. The molecular weight excluding hydrogens is 443 g/mol. The average Bonchev–Trinajstić information content (AvgIpc) is 3.27. The Kier molecular flexibility index (Phi) is 6.80. The van der Waals surface area contributed by atoms with Crippen LogP contribution in [0, 0.1) is 5.82 Å². The van der Waals surface area contributed by atoms with Crippen molar-refractivity contribution in [3.63, 3.8) is 0 Å². The van der Waals surface area contributed by atoms with Gasteiger partial charge in [-0.2, -0.15) is 0 Å². The maximum atomic E-state index is 13.5. The second-order valence-electron chi connectivity index (χ2n) is 6.86. The lowest BCUT2D eigenvalue weighted by molar-refractivity contribution is -0.113. The van der Waals surface area contributed by atoms with Gasteiger partial charge in [0.1, 0.15) is 5.82 Å². The maximum absolute atomic E-state index is 13.5. The summed E-state index contributed by atoms with van der Waals surface area (Å²) in [6, 6.07) is 22.0. The fourth-order valence-corrected chi connectivity index (χ4v) is 3.91. The Morgan fingerprint density at radius 1 is 0.970 bits per heavy atom. The first kappa shape index (κ1) is 22.2. The topological polar surface area (TPSA) is 86.1 Å². The summed E-state index contributed by atoms with van der Waals surface area (Å²) in [5, 5.41) is 11.8. The van der Waals surface area contributed by atoms with E-state index in [1.54, 1.807) is 41.0 Å². The second kappa shape index (κ2) is 10.1.